The number of fused-ring (bicyclic) bond motifs is 3. The van der Waals surface area contributed by atoms with Crippen LogP contribution in [0.5, 0.6) is 0 Å². The maximum Gasteiger partial charge on any atom is 0.223 e. The lowest BCUT2D eigenvalue weighted by Crippen LogP contribution is -2.53. The van der Waals surface area contributed by atoms with Gasteiger partial charge in [-0.05, 0) is 58.9 Å². The number of rotatable bonds is 6. The van der Waals surface area contributed by atoms with Crippen molar-refractivity contribution in [2.75, 3.05) is 18.5 Å². The smallest absolute Gasteiger partial charge is 0.223 e. The molecular weight excluding hydrogens is 577 g/mol. The molecule has 5 heterocycles. The molecule has 3 saturated heterocycles. The van der Waals surface area contributed by atoms with Crippen LogP contribution in [0.3, 0.4) is 0 Å². The number of aliphatic hydroxyl groups excluding tert-OH is 2. The highest BCUT2D eigenvalue weighted by Gasteiger charge is 2.38. The molecule has 6 rings (SSSR count). The highest BCUT2D eigenvalue weighted by atomic mass is 35.5. The Kier molecular flexibility index (Phi) is 8.52. The topological polar surface area (TPSA) is 113 Å². The minimum atomic E-state index is -0.671. The monoisotopic (exact) mass is 615 g/mol. The quantitative estimate of drug-likeness (QED) is 0.351. The summed E-state index contributed by atoms with van der Waals surface area (Å²) in [7, 11) is 0. The second-order valence-corrected chi connectivity index (χ2v) is 13.1. The number of ether oxygens (including phenoxy) is 1. The largest absolute Gasteiger partial charge is 0.393 e. The van der Waals surface area contributed by atoms with Crippen LogP contribution in [0.1, 0.15) is 69.7 Å². The summed E-state index contributed by atoms with van der Waals surface area (Å²) in [4.78, 5) is 25.4. The first-order chi connectivity index (χ1) is 20.1. The molecule has 0 aliphatic carbocycles. The van der Waals surface area contributed by atoms with Gasteiger partial charge in [-0.15, -0.1) is 0 Å². The van der Waals surface area contributed by atoms with Gasteiger partial charge in [-0.3, -0.25) is 9.69 Å². The Morgan fingerprint density at radius 3 is 2.57 bits per heavy atom. The molecule has 2 bridgehead atoms. The number of pyridine rings is 1. The van der Waals surface area contributed by atoms with Gasteiger partial charge < -0.3 is 24.8 Å². The van der Waals surface area contributed by atoms with Crippen molar-refractivity contribution in [3.63, 3.8) is 0 Å². The van der Waals surface area contributed by atoms with Gasteiger partial charge >= 0.3 is 0 Å². The van der Waals surface area contributed by atoms with Crippen LogP contribution in [-0.4, -0.2) is 73.2 Å². The fourth-order valence-electron chi connectivity index (χ4n) is 7.14. The molecule has 9 nitrogen and oxygen atoms in total. The third kappa shape index (κ3) is 5.44. The number of halogens is 2. The van der Waals surface area contributed by atoms with Gasteiger partial charge in [-0.1, -0.05) is 35.7 Å². The molecule has 3 fully saturated rings. The SMILES string of the molecule is Cc1c(CN2C3CCCC2CC(O)C3)n(C(C)C)c2c(Cl)c(-c3nc(N[C@@H]4CCOC[C@H]4O)ncc3Cl)ccc2c1=O. The summed E-state index contributed by atoms with van der Waals surface area (Å²) in [5.74, 6) is 0.334. The average Bonchev–Trinajstić information content (AvgIpc) is 2.94. The van der Waals surface area contributed by atoms with E-state index in [1.807, 2.05) is 13.0 Å². The van der Waals surface area contributed by atoms with Gasteiger partial charge in [0.25, 0.3) is 0 Å². The van der Waals surface area contributed by atoms with Crippen LogP contribution < -0.4 is 10.7 Å². The highest BCUT2D eigenvalue weighted by molar-refractivity contribution is 6.39. The number of nitrogens with one attached hydrogen (secondary N) is 1. The Bertz CT molecular complexity index is 1530. The number of piperidine rings is 2. The molecule has 3 aliphatic rings. The van der Waals surface area contributed by atoms with Crippen LogP contribution >= 0.6 is 23.2 Å². The molecule has 0 spiro atoms. The first-order valence-electron chi connectivity index (χ1n) is 15.0. The van der Waals surface area contributed by atoms with Crippen molar-refractivity contribution >= 4 is 40.1 Å². The van der Waals surface area contributed by atoms with E-state index in [4.69, 9.17) is 32.9 Å². The van der Waals surface area contributed by atoms with Crippen LogP contribution in [0.25, 0.3) is 22.2 Å². The van der Waals surface area contributed by atoms with E-state index in [-0.39, 0.29) is 30.2 Å². The van der Waals surface area contributed by atoms with Crippen LogP contribution in [-0.2, 0) is 11.3 Å². The van der Waals surface area contributed by atoms with Crippen molar-refractivity contribution in [2.24, 2.45) is 0 Å². The van der Waals surface area contributed by atoms with E-state index in [2.05, 4.69) is 33.6 Å². The number of anilines is 1. The molecule has 4 atom stereocenters. The van der Waals surface area contributed by atoms with E-state index in [0.29, 0.717) is 69.8 Å². The van der Waals surface area contributed by atoms with Gasteiger partial charge in [0.05, 0.1) is 52.3 Å². The van der Waals surface area contributed by atoms with Crippen molar-refractivity contribution in [1.82, 2.24) is 19.4 Å². The van der Waals surface area contributed by atoms with Crippen LogP contribution in [0, 0.1) is 6.92 Å². The summed E-state index contributed by atoms with van der Waals surface area (Å²) in [6.07, 6.45) is 6.06. The lowest BCUT2D eigenvalue weighted by atomic mass is 9.82. The molecule has 2 aromatic heterocycles. The van der Waals surface area contributed by atoms with Gasteiger partial charge in [0, 0.05) is 53.5 Å². The Labute approximate surface area is 255 Å². The predicted octanol–water partition coefficient (Wildman–Crippen LogP) is 5.09. The first kappa shape index (κ1) is 29.8. The molecule has 2 unspecified atom stereocenters. The van der Waals surface area contributed by atoms with Crippen molar-refractivity contribution in [2.45, 2.75) is 102 Å². The van der Waals surface area contributed by atoms with E-state index >= 15 is 0 Å². The Morgan fingerprint density at radius 2 is 1.88 bits per heavy atom. The Morgan fingerprint density at radius 1 is 1.14 bits per heavy atom. The summed E-state index contributed by atoms with van der Waals surface area (Å²) in [5.41, 5.74) is 3.38. The fraction of sp³-hybridized carbons (Fsp3) is 0.581. The second-order valence-electron chi connectivity index (χ2n) is 12.3. The van der Waals surface area contributed by atoms with Gasteiger partial charge in [-0.25, -0.2) is 9.97 Å². The average molecular weight is 617 g/mol. The lowest BCUT2D eigenvalue weighted by Gasteiger charge is -2.48. The number of hydrogen-bond acceptors (Lipinski definition) is 8. The van der Waals surface area contributed by atoms with Crippen molar-refractivity contribution in [3.8, 4) is 11.3 Å². The van der Waals surface area contributed by atoms with Crippen LogP contribution in [0.15, 0.2) is 23.1 Å². The summed E-state index contributed by atoms with van der Waals surface area (Å²) in [6.45, 7) is 7.55. The maximum atomic E-state index is 13.8. The molecule has 3 aromatic rings. The van der Waals surface area contributed by atoms with E-state index < -0.39 is 6.10 Å². The summed E-state index contributed by atoms with van der Waals surface area (Å²) in [5, 5.41) is 25.3. The van der Waals surface area contributed by atoms with Crippen molar-refractivity contribution in [1.29, 1.82) is 0 Å². The second kappa shape index (κ2) is 12.0. The number of aromatic nitrogens is 3. The molecule has 11 heteroatoms. The van der Waals surface area contributed by atoms with E-state index in [1.165, 1.54) is 12.6 Å². The summed E-state index contributed by atoms with van der Waals surface area (Å²) >= 11 is 13.9. The zero-order chi connectivity index (χ0) is 29.7. The Balaban J connectivity index is 1.45. The van der Waals surface area contributed by atoms with E-state index in [9.17, 15) is 15.0 Å². The summed E-state index contributed by atoms with van der Waals surface area (Å²) < 4.78 is 7.54. The number of nitrogens with zero attached hydrogens (tertiary/aromatic N) is 4. The van der Waals surface area contributed by atoms with Gasteiger partial charge in [0.2, 0.25) is 5.95 Å². The molecule has 1 aromatic carbocycles. The lowest BCUT2D eigenvalue weighted by molar-refractivity contribution is -0.0325. The van der Waals surface area contributed by atoms with Crippen molar-refractivity contribution < 1.29 is 14.9 Å². The number of aliphatic hydroxyl groups is 2. The normalized spacial score (nSPS) is 26.6. The summed E-state index contributed by atoms with van der Waals surface area (Å²) in [6, 6.07) is 4.01. The zero-order valence-corrected chi connectivity index (χ0v) is 25.8. The van der Waals surface area contributed by atoms with Crippen molar-refractivity contribution in [3.05, 3.63) is 49.9 Å². The fourth-order valence-corrected chi connectivity index (χ4v) is 7.68. The first-order valence-corrected chi connectivity index (χ1v) is 15.7. The van der Waals surface area contributed by atoms with Crippen LogP contribution in [0.4, 0.5) is 5.95 Å². The third-order valence-electron chi connectivity index (χ3n) is 9.26. The molecule has 3 N–H and O–H groups in total. The third-order valence-corrected chi connectivity index (χ3v) is 9.91. The molecule has 0 amide bonds. The molecule has 226 valence electrons. The zero-order valence-electron chi connectivity index (χ0n) is 24.3. The van der Waals surface area contributed by atoms with Gasteiger partial charge in [-0.2, -0.15) is 0 Å². The van der Waals surface area contributed by atoms with Gasteiger partial charge in [0.15, 0.2) is 5.43 Å². The molecule has 3 aliphatic heterocycles. The number of benzene rings is 1. The van der Waals surface area contributed by atoms with E-state index in [1.54, 1.807) is 6.07 Å². The predicted molar refractivity (Wildman–Crippen MR) is 165 cm³/mol. The minimum absolute atomic E-state index is 0.0258. The molecule has 0 radical (unpaired) electrons. The number of hydrogen-bond donors (Lipinski definition) is 3. The van der Waals surface area contributed by atoms with E-state index in [0.717, 1.165) is 36.9 Å². The molecular formula is C31H39Cl2N5O4. The molecule has 0 saturated carbocycles. The molecule has 42 heavy (non-hydrogen) atoms. The van der Waals surface area contributed by atoms with Gasteiger partial charge in [0.1, 0.15) is 0 Å². The van der Waals surface area contributed by atoms with Crippen LogP contribution in [0.2, 0.25) is 10.0 Å². The maximum absolute atomic E-state index is 13.8. The standard InChI is InChI=1S/C31H39Cl2N5O4/c1-16(2)38-25(14-37-18-5-4-6-19(37)12-20(39)11-18)17(3)30(41)22-8-7-21(27(33)29(22)38)28-23(32)13-34-31(36-28)35-24-9-10-42-15-26(24)40/h7-8,13,16,18-20,24,26,39-40H,4-6,9-12,14-15H2,1-3H3,(H,34,35,36)/t18?,19?,20?,24-,26-/m1/s1. The highest BCUT2D eigenvalue weighted by Crippen LogP contribution is 2.40. The Hall–Kier alpha value is -2.27. The minimum Gasteiger partial charge on any atom is -0.393 e.